The molecule has 0 radical (unpaired) electrons. The number of pyridine rings is 1. The minimum atomic E-state index is 0.0579. The first kappa shape index (κ1) is 11.4. The summed E-state index contributed by atoms with van der Waals surface area (Å²) in [5, 5.41) is 2.91. The number of rotatable bonds is 5. The first-order valence-corrected chi connectivity index (χ1v) is 6.07. The molecule has 0 atom stereocenters. The van der Waals surface area contributed by atoms with Crippen molar-refractivity contribution in [1.82, 2.24) is 10.3 Å². The Morgan fingerprint density at radius 3 is 3.12 bits per heavy atom. The summed E-state index contributed by atoms with van der Waals surface area (Å²) in [6.45, 7) is 0.378. The molecule has 16 heavy (non-hydrogen) atoms. The van der Waals surface area contributed by atoms with Crippen LogP contribution in [0.1, 0.15) is 19.3 Å². The minimum absolute atomic E-state index is 0.0579. The van der Waals surface area contributed by atoms with Crippen LogP contribution in [0.3, 0.4) is 0 Å². The van der Waals surface area contributed by atoms with Gasteiger partial charge in [-0.25, -0.2) is 4.98 Å². The Hall–Kier alpha value is -1.10. The highest BCUT2D eigenvalue weighted by Crippen LogP contribution is 2.21. The van der Waals surface area contributed by atoms with E-state index in [9.17, 15) is 4.79 Å². The van der Waals surface area contributed by atoms with E-state index in [4.69, 9.17) is 4.74 Å². The van der Waals surface area contributed by atoms with Crippen molar-refractivity contribution in [3.8, 4) is 5.75 Å². The Bertz CT molecular complexity index is 380. The summed E-state index contributed by atoms with van der Waals surface area (Å²) in [6.07, 6.45) is 4.29. The molecule has 1 heterocycles. The van der Waals surface area contributed by atoms with Crippen LogP contribution in [0.4, 0.5) is 0 Å². The predicted molar refractivity (Wildman–Crippen MR) is 63.2 cm³/mol. The van der Waals surface area contributed by atoms with Gasteiger partial charge < -0.3 is 10.1 Å². The highest BCUT2D eigenvalue weighted by Gasteiger charge is 2.22. The average Bonchev–Trinajstić information content (AvgIpc) is 3.05. The quantitative estimate of drug-likeness (QED) is 0.840. The third kappa shape index (κ3) is 3.48. The number of hydrogen-bond acceptors (Lipinski definition) is 3. The molecule has 0 bridgehead atoms. The summed E-state index contributed by atoms with van der Waals surface area (Å²) in [7, 11) is 0. The maximum absolute atomic E-state index is 11.4. The monoisotopic (exact) mass is 284 g/mol. The Kier molecular flexibility index (Phi) is 3.77. The van der Waals surface area contributed by atoms with E-state index >= 15 is 0 Å². The van der Waals surface area contributed by atoms with E-state index in [1.807, 2.05) is 6.07 Å². The van der Waals surface area contributed by atoms with Crippen molar-refractivity contribution in [2.24, 2.45) is 0 Å². The standard InChI is InChI=1S/C11H13BrN2O2/c12-11-9(2-1-6-13-11)16-7-5-10(15)14-8-3-4-8/h1-2,6,8H,3-5,7H2,(H,14,15). The lowest BCUT2D eigenvalue weighted by atomic mass is 10.4. The minimum Gasteiger partial charge on any atom is -0.490 e. The molecule has 0 aliphatic heterocycles. The fourth-order valence-electron chi connectivity index (χ4n) is 1.26. The van der Waals surface area contributed by atoms with E-state index < -0.39 is 0 Å². The van der Waals surface area contributed by atoms with Crippen LogP contribution < -0.4 is 10.1 Å². The number of aromatic nitrogens is 1. The average molecular weight is 285 g/mol. The topological polar surface area (TPSA) is 51.2 Å². The van der Waals surface area contributed by atoms with Crippen LogP contribution in [0.25, 0.3) is 0 Å². The fraction of sp³-hybridized carbons (Fsp3) is 0.455. The van der Waals surface area contributed by atoms with E-state index in [2.05, 4.69) is 26.2 Å². The molecular formula is C11H13BrN2O2. The third-order valence-corrected chi connectivity index (χ3v) is 2.85. The lowest BCUT2D eigenvalue weighted by molar-refractivity contribution is -0.121. The Labute approximate surface area is 103 Å². The highest BCUT2D eigenvalue weighted by molar-refractivity contribution is 9.10. The molecule has 1 aliphatic carbocycles. The van der Waals surface area contributed by atoms with Gasteiger partial charge in [-0.15, -0.1) is 0 Å². The number of nitrogens with one attached hydrogen (secondary N) is 1. The van der Waals surface area contributed by atoms with Gasteiger partial charge in [0, 0.05) is 12.2 Å². The predicted octanol–water partition coefficient (Wildman–Crippen LogP) is 1.89. The normalized spacial score (nSPS) is 14.6. The maximum Gasteiger partial charge on any atom is 0.223 e. The molecule has 86 valence electrons. The first-order chi connectivity index (χ1) is 7.75. The van der Waals surface area contributed by atoms with Crippen molar-refractivity contribution in [3.05, 3.63) is 22.9 Å². The number of carbonyl (C=O) groups excluding carboxylic acids is 1. The van der Waals surface area contributed by atoms with Crippen molar-refractivity contribution in [3.63, 3.8) is 0 Å². The van der Waals surface area contributed by atoms with Crippen LogP contribution in [0.2, 0.25) is 0 Å². The SMILES string of the molecule is O=C(CCOc1cccnc1Br)NC1CC1. The van der Waals surface area contributed by atoms with Gasteiger partial charge in [-0.3, -0.25) is 4.79 Å². The number of halogens is 1. The van der Waals surface area contributed by atoms with Crippen LogP contribution in [0.15, 0.2) is 22.9 Å². The van der Waals surface area contributed by atoms with Gasteiger partial charge in [0.2, 0.25) is 5.91 Å². The Morgan fingerprint density at radius 1 is 1.62 bits per heavy atom. The Morgan fingerprint density at radius 2 is 2.44 bits per heavy atom. The molecule has 5 heteroatoms. The molecule has 1 saturated carbocycles. The molecule has 1 aromatic rings. The lowest BCUT2D eigenvalue weighted by Crippen LogP contribution is -2.26. The van der Waals surface area contributed by atoms with E-state index in [0.29, 0.717) is 29.4 Å². The number of hydrogen-bond donors (Lipinski definition) is 1. The fourth-order valence-corrected chi connectivity index (χ4v) is 1.62. The molecule has 0 unspecified atom stereocenters. The number of amides is 1. The molecule has 0 saturated heterocycles. The van der Waals surface area contributed by atoms with Gasteiger partial charge in [0.1, 0.15) is 4.60 Å². The van der Waals surface area contributed by atoms with Crippen molar-refractivity contribution < 1.29 is 9.53 Å². The molecule has 2 rings (SSSR count). The lowest BCUT2D eigenvalue weighted by Gasteiger charge is -2.07. The smallest absolute Gasteiger partial charge is 0.223 e. The van der Waals surface area contributed by atoms with Crippen molar-refractivity contribution in [2.75, 3.05) is 6.61 Å². The molecular weight excluding hydrogens is 272 g/mol. The van der Waals surface area contributed by atoms with Crippen LogP contribution in [-0.2, 0) is 4.79 Å². The van der Waals surface area contributed by atoms with Crippen LogP contribution in [-0.4, -0.2) is 23.5 Å². The van der Waals surface area contributed by atoms with Crippen molar-refractivity contribution in [1.29, 1.82) is 0 Å². The van der Waals surface area contributed by atoms with Crippen LogP contribution in [0, 0.1) is 0 Å². The number of carbonyl (C=O) groups is 1. The second-order valence-electron chi connectivity index (χ2n) is 3.73. The second kappa shape index (κ2) is 5.30. The molecule has 1 aromatic heterocycles. The van der Waals surface area contributed by atoms with E-state index in [0.717, 1.165) is 12.8 Å². The molecule has 0 spiro atoms. The number of nitrogens with zero attached hydrogens (tertiary/aromatic N) is 1. The molecule has 1 aliphatic rings. The van der Waals surface area contributed by atoms with Crippen molar-refractivity contribution in [2.45, 2.75) is 25.3 Å². The van der Waals surface area contributed by atoms with E-state index in [-0.39, 0.29) is 5.91 Å². The summed E-state index contributed by atoms with van der Waals surface area (Å²) in [5.74, 6) is 0.726. The largest absolute Gasteiger partial charge is 0.490 e. The zero-order valence-corrected chi connectivity index (χ0v) is 10.4. The highest BCUT2D eigenvalue weighted by atomic mass is 79.9. The zero-order chi connectivity index (χ0) is 11.4. The van der Waals surface area contributed by atoms with Gasteiger partial charge >= 0.3 is 0 Å². The van der Waals surface area contributed by atoms with Gasteiger partial charge in [-0.2, -0.15) is 0 Å². The first-order valence-electron chi connectivity index (χ1n) is 5.28. The van der Waals surface area contributed by atoms with Gasteiger partial charge in [0.05, 0.1) is 13.0 Å². The molecule has 1 amide bonds. The van der Waals surface area contributed by atoms with E-state index in [1.165, 1.54) is 0 Å². The Balaban J connectivity index is 1.70. The number of ether oxygens (including phenoxy) is 1. The van der Waals surface area contributed by atoms with Gasteiger partial charge in [-0.05, 0) is 40.9 Å². The molecule has 1 fully saturated rings. The maximum atomic E-state index is 11.4. The van der Waals surface area contributed by atoms with Gasteiger partial charge in [0.25, 0.3) is 0 Å². The summed E-state index contributed by atoms with van der Waals surface area (Å²) in [5.41, 5.74) is 0. The van der Waals surface area contributed by atoms with Crippen LogP contribution in [0.5, 0.6) is 5.75 Å². The third-order valence-electron chi connectivity index (χ3n) is 2.25. The summed E-state index contributed by atoms with van der Waals surface area (Å²) in [4.78, 5) is 15.4. The summed E-state index contributed by atoms with van der Waals surface area (Å²) in [6, 6.07) is 4.03. The second-order valence-corrected chi connectivity index (χ2v) is 4.48. The van der Waals surface area contributed by atoms with Gasteiger partial charge in [-0.1, -0.05) is 0 Å². The molecule has 4 nitrogen and oxygen atoms in total. The summed E-state index contributed by atoms with van der Waals surface area (Å²) >= 11 is 3.28. The van der Waals surface area contributed by atoms with Crippen LogP contribution >= 0.6 is 15.9 Å². The van der Waals surface area contributed by atoms with Crippen molar-refractivity contribution >= 4 is 21.8 Å². The van der Waals surface area contributed by atoms with E-state index in [1.54, 1.807) is 12.3 Å². The molecule has 0 aromatic carbocycles. The van der Waals surface area contributed by atoms with Gasteiger partial charge in [0.15, 0.2) is 5.75 Å². The molecule has 1 N–H and O–H groups in total. The summed E-state index contributed by atoms with van der Waals surface area (Å²) < 4.78 is 6.10. The zero-order valence-electron chi connectivity index (χ0n) is 8.78.